The first-order chi connectivity index (χ1) is 8.43. The van der Waals surface area contributed by atoms with Crippen molar-refractivity contribution in [2.75, 3.05) is 0 Å². The predicted molar refractivity (Wildman–Crippen MR) is 77.2 cm³/mol. The minimum absolute atomic E-state index is 0.0924. The molecule has 0 saturated carbocycles. The molecule has 0 N–H and O–H groups in total. The summed E-state index contributed by atoms with van der Waals surface area (Å²) in [7, 11) is 0. The smallest absolute Gasteiger partial charge is 0.101 e. The third kappa shape index (κ3) is 4.11. The van der Waals surface area contributed by atoms with Crippen LogP contribution in [0.4, 0.5) is 0 Å². The summed E-state index contributed by atoms with van der Waals surface area (Å²) in [5.74, 6) is 0.579. The Bertz CT molecular complexity index is 334. The molecular formula is C16H27NO. The maximum atomic E-state index is 6.15. The largest absolute Gasteiger partial charge is 0.291 e. The second kappa shape index (κ2) is 6.91. The summed E-state index contributed by atoms with van der Waals surface area (Å²) in [6.07, 6.45) is 0.0924. The van der Waals surface area contributed by atoms with Crippen molar-refractivity contribution in [3.63, 3.8) is 0 Å². The number of benzene rings is 1. The van der Waals surface area contributed by atoms with Gasteiger partial charge in [-0.05, 0) is 39.2 Å². The van der Waals surface area contributed by atoms with E-state index in [0.717, 1.165) is 0 Å². The van der Waals surface area contributed by atoms with Gasteiger partial charge in [0.05, 0.1) is 0 Å². The number of rotatable bonds is 6. The zero-order valence-corrected chi connectivity index (χ0v) is 12.6. The summed E-state index contributed by atoms with van der Waals surface area (Å²) < 4.78 is 0. The van der Waals surface area contributed by atoms with E-state index in [1.165, 1.54) is 5.56 Å². The molecule has 1 aromatic carbocycles. The lowest BCUT2D eigenvalue weighted by Crippen LogP contribution is -2.42. The summed E-state index contributed by atoms with van der Waals surface area (Å²) in [6, 6.07) is 11.2. The fraction of sp³-hybridized carbons (Fsp3) is 0.625. The Morgan fingerprint density at radius 1 is 0.889 bits per heavy atom. The fourth-order valence-electron chi connectivity index (χ4n) is 1.95. The molecule has 1 rings (SSSR count). The molecule has 0 fully saturated rings. The van der Waals surface area contributed by atoms with E-state index in [1.54, 1.807) is 0 Å². The topological polar surface area (TPSA) is 12.5 Å². The molecule has 0 radical (unpaired) electrons. The van der Waals surface area contributed by atoms with Gasteiger partial charge in [-0.15, -0.1) is 0 Å². The monoisotopic (exact) mass is 249 g/mol. The van der Waals surface area contributed by atoms with Crippen LogP contribution in [-0.4, -0.2) is 17.1 Å². The van der Waals surface area contributed by atoms with Crippen molar-refractivity contribution in [3.05, 3.63) is 35.9 Å². The second-order valence-electron chi connectivity index (χ2n) is 5.60. The number of hydrogen-bond acceptors (Lipinski definition) is 2. The summed E-state index contributed by atoms with van der Waals surface area (Å²) in [5.41, 5.74) is 1.22. The lowest BCUT2D eigenvalue weighted by Gasteiger charge is -2.36. The van der Waals surface area contributed by atoms with Gasteiger partial charge in [0.2, 0.25) is 0 Å². The van der Waals surface area contributed by atoms with Crippen molar-refractivity contribution in [1.82, 2.24) is 5.06 Å². The molecule has 2 atom stereocenters. The van der Waals surface area contributed by atoms with Crippen LogP contribution in [0.5, 0.6) is 0 Å². The Morgan fingerprint density at radius 2 is 1.44 bits per heavy atom. The quantitative estimate of drug-likeness (QED) is 0.691. The van der Waals surface area contributed by atoms with E-state index in [9.17, 15) is 0 Å². The molecule has 0 aliphatic carbocycles. The lowest BCUT2D eigenvalue weighted by atomic mass is 10.1. The summed E-state index contributed by atoms with van der Waals surface area (Å²) >= 11 is 0. The SMILES string of the molecule is CC(ON(C(C)C)C(C)C(C)C)c1ccccc1. The van der Waals surface area contributed by atoms with E-state index in [4.69, 9.17) is 4.84 Å². The maximum absolute atomic E-state index is 6.15. The average Bonchev–Trinajstić information content (AvgIpc) is 2.35. The van der Waals surface area contributed by atoms with Crippen LogP contribution in [0.2, 0.25) is 0 Å². The van der Waals surface area contributed by atoms with Gasteiger partial charge >= 0.3 is 0 Å². The Kier molecular flexibility index (Phi) is 5.83. The van der Waals surface area contributed by atoms with Crippen molar-refractivity contribution >= 4 is 0 Å². The van der Waals surface area contributed by atoms with E-state index in [2.05, 4.69) is 70.9 Å². The Morgan fingerprint density at radius 3 is 1.89 bits per heavy atom. The van der Waals surface area contributed by atoms with Crippen molar-refractivity contribution in [1.29, 1.82) is 0 Å². The van der Waals surface area contributed by atoms with Crippen LogP contribution in [0.25, 0.3) is 0 Å². The third-order valence-electron chi connectivity index (χ3n) is 3.42. The average molecular weight is 249 g/mol. The van der Waals surface area contributed by atoms with Crippen LogP contribution in [-0.2, 0) is 4.84 Å². The van der Waals surface area contributed by atoms with Gasteiger partial charge in [0.1, 0.15) is 6.10 Å². The molecule has 102 valence electrons. The first kappa shape index (κ1) is 15.2. The highest BCUT2D eigenvalue weighted by Crippen LogP contribution is 2.23. The highest BCUT2D eigenvalue weighted by molar-refractivity contribution is 5.16. The van der Waals surface area contributed by atoms with Crippen LogP contribution < -0.4 is 0 Å². The summed E-state index contributed by atoms with van der Waals surface area (Å²) in [5, 5.41) is 2.13. The van der Waals surface area contributed by atoms with Crippen LogP contribution in [0, 0.1) is 5.92 Å². The van der Waals surface area contributed by atoms with E-state index < -0.39 is 0 Å². The molecule has 0 aliphatic heterocycles. The molecule has 0 aliphatic rings. The molecule has 0 spiro atoms. The van der Waals surface area contributed by atoms with Gasteiger partial charge in [0.15, 0.2) is 0 Å². The number of hydroxylamine groups is 2. The van der Waals surface area contributed by atoms with E-state index in [1.807, 2.05) is 6.07 Å². The molecular weight excluding hydrogens is 222 g/mol. The highest BCUT2D eigenvalue weighted by Gasteiger charge is 2.23. The zero-order valence-electron chi connectivity index (χ0n) is 12.6. The van der Waals surface area contributed by atoms with Crippen LogP contribution in [0.15, 0.2) is 30.3 Å². The van der Waals surface area contributed by atoms with Gasteiger partial charge < -0.3 is 0 Å². The first-order valence-corrected chi connectivity index (χ1v) is 6.93. The third-order valence-corrected chi connectivity index (χ3v) is 3.42. The van der Waals surface area contributed by atoms with Crippen molar-refractivity contribution in [2.24, 2.45) is 5.92 Å². The minimum atomic E-state index is 0.0924. The van der Waals surface area contributed by atoms with Gasteiger partial charge in [-0.3, -0.25) is 4.84 Å². The summed E-state index contributed by atoms with van der Waals surface area (Å²) in [6.45, 7) is 13.2. The van der Waals surface area contributed by atoms with Gasteiger partial charge in [-0.2, -0.15) is 5.06 Å². The highest BCUT2D eigenvalue weighted by atomic mass is 16.7. The van der Waals surface area contributed by atoms with Crippen LogP contribution in [0.1, 0.15) is 53.2 Å². The summed E-state index contributed by atoms with van der Waals surface area (Å²) in [4.78, 5) is 6.15. The van der Waals surface area contributed by atoms with E-state index >= 15 is 0 Å². The van der Waals surface area contributed by atoms with Gasteiger partial charge in [-0.1, -0.05) is 44.2 Å². The lowest BCUT2D eigenvalue weighted by molar-refractivity contribution is -0.241. The first-order valence-electron chi connectivity index (χ1n) is 6.93. The van der Waals surface area contributed by atoms with Gasteiger partial charge in [0, 0.05) is 12.1 Å². The Hall–Kier alpha value is -0.860. The Labute approximate surface area is 112 Å². The minimum Gasteiger partial charge on any atom is -0.291 e. The Balaban J connectivity index is 2.73. The fourth-order valence-corrected chi connectivity index (χ4v) is 1.95. The standard InChI is InChI=1S/C16H27NO/c1-12(2)14(5)17(13(3)4)18-15(6)16-10-8-7-9-11-16/h7-15H,1-6H3. The molecule has 18 heavy (non-hydrogen) atoms. The molecule has 0 heterocycles. The van der Waals surface area contributed by atoms with Gasteiger partial charge in [-0.25, -0.2) is 0 Å². The molecule has 0 saturated heterocycles. The van der Waals surface area contributed by atoms with Crippen molar-refractivity contribution in [2.45, 2.75) is 59.7 Å². The molecule has 0 bridgehead atoms. The van der Waals surface area contributed by atoms with E-state index in [0.29, 0.717) is 18.0 Å². The van der Waals surface area contributed by atoms with Crippen LogP contribution >= 0.6 is 0 Å². The van der Waals surface area contributed by atoms with Gasteiger partial charge in [0.25, 0.3) is 0 Å². The zero-order chi connectivity index (χ0) is 13.7. The normalized spacial score (nSPS) is 15.4. The molecule has 2 nitrogen and oxygen atoms in total. The molecule has 2 unspecified atom stereocenters. The van der Waals surface area contributed by atoms with Crippen molar-refractivity contribution in [3.8, 4) is 0 Å². The molecule has 1 aromatic rings. The predicted octanol–water partition coefficient (Wildman–Crippen LogP) is 4.43. The molecule has 0 amide bonds. The maximum Gasteiger partial charge on any atom is 0.101 e. The van der Waals surface area contributed by atoms with Crippen LogP contribution in [0.3, 0.4) is 0 Å². The number of hydrogen-bond donors (Lipinski definition) is 0. The molecule has 2 heteroatoms. The number of nitrogens with zero attached hydrogens (tertiary/aromatic N) is 1. The van der Waals surface area contributed by atoms with E-state index in [-0.39, 0.29) is 6.10 Å². The van der Waals surface area contributed by atoms with Crippen molar-refractivity contribution < 1.29 is 4.84 Å². The second-order valence-corrected chi connectivity index (χ2v) is 5.60. The molecule has 0 aromatic heterocycles.